The molecule has 1 aromatic carbocycles. The van der Waals surface area contributed by atoms with Crippen molar-refractivity contribution < 1.29 is 17.9 Å². The summed E-state index contributed by atoms with van der Waals surface area (Å²) in [7, 11) is 1.90. The molecule has 0 saturated carbocycles. The van der Waals surface area contributed by atoms with Gasteiger partial charge in [0.05, 0.1) is 13.1 Å². The lowest BCUT2D eigenvalue weighted by Gasteiger charge is -2.12. The van der Waals surface area contributed by atoms with Crippen LogP contribution in [0.3, 0.4) is 0 Å². The van der Waals surface area contributed by atoms with E-state index in [2.05, 4.69) is 32.7 Å². The number of benzene rings is 1. The first-order chi connectivity index (χ1) is 13.8. The maximum absolute atomic E-state index is 12.2. The molecule has 0 saturated heterocycles. The zero-order valence-corrected chi connectivity index (χ0v) is 19.6. The van der Waals surface area contributed by atoms with Crippen LogP contribution in [0.15, 0.2) is 29.3 Å². The topological polar surface area (TPSA) is 76.4 Å². The lowest BCUT2D eigenvalue weighted by Crippen LogP contribution is -2.38. The lowest BCUT2D eigenvalue weighted by molar-refractivity contribution is -0.153. The molecule has 0 aliphatic carbocycles. The zero-order valence-electron chi connectivity index (χ0n) is 17.3. The molecule has 0 spiro atoms. The predicted octanol–water partition coefficient (Wildman–Crippen LogP) is 3.72. The first-order valence-corrected chi connectivity index (χ1v) is 9.44. The number of ether oxygens (including phenoxy) is 1. The van der Waals surface area contributed by atoms with Crippen molar-refractivity contribution in [2.75, 3.05) is 13.2 Å². The van der Waals surface area contributed by atoms with E-state index in [-0.39, 0.29) is 29.7 Å². The molecule has 0 bridgehead atoms. The highest BCUT2D eigenvalue weighted by molar-refractivity contribution is 14.0. The number of nitrogens with one attached hydrogen (secondary N) is 2. The van der Waals surface area contributed by atoms with Crippen molar-refractivity contribution in [3.63, 3.8) is 0 Å². The van der Waals surface area contributed by atoms with Gasteiger partial charge in [-0.15, -0.1) is 34.2 Å². The summed E-state index contributed by atoms with van der Waals surface area (Å²) < 4.78 is 43.3. The molecule has 2 N–H and O–H groups in total. The van der Waals surface area contributed by atoms with Gasteiger partial charge in [-0.2, -0.15) is 13.2 Å². The number of guanidine groups is 1. The van der Waals surface area contributed by atoms with E-state index in [1.165, 1.54) is 12.1 Å². The summed E-state index contributed by atoms with van der Waals surface area (Å²) in [5, 5.41) is 14.7. The Morgan fingerprint density at radius 2 is 1.87 bits per heavy atom. The van der Waals surface area contributed by atoms with Crippen LogP contribution in [0.1, 0.15) is 37.0 Å². The summed E-state index contributed by atoms with van der Waals surface area (Å²) in [6.45, 7) is 4.31. The fourth-order valence-electron chi connectivity index (χ4n) is 2.35. The van der Waals surface area contributed by atoms with E-state index in [1.54, 1.807) is 12.1 Å². The van der Waals surface area contributed by atoms with Gasteiger partial charge in [-0.05, 0) is 31.0 Å². The van der Waals surface area contributed by atoms with E-state index in [1.807, 2.05) is 18.5 Å². The number of nitrogens with zero attached hydrogens (tertiary/aromatic N) is 4. The highest BCUT2D eigenvalue weighted by Gasteiger charge is 2.28. The molecule has 0 radical (unpaired) electrons. The molecule has 1 heterocycles. The van der Waals surface area contributed by atoms with E-state index in [4.69, 9.17) is 4.74 Å². The molecule has 7 nitrogen and oxygen atoms in total. The highest BCUT2D eigenvalue weighted by Crippen LogP contribution is 2.19. The van der Waals surface area contributed by atoms with Crippen molar-refractivity contribution in [2.24, 2.45) is 12.0 Å². The summed E-state index contributed by atoms with van der Waals surface area (Å²) in [5.74, 6) is 2.43. The first-order valence-electron chi connectivity index (χ1n) is 9.44. The SMILES string of the molecule is CCCCNC(=NCc1ccc(OCC(F)(F)F)cc1)NCc1nnc(C)n1C.I. The van der Waals surface area contributed by atoms with Gasteiger partial charge >= 0.3 is 6.18 Å². The molecule has 1 aromatic heterocycles. The minimum absolute atomic E-state index is 0. The van der Waals surface area contributed by atoms with E-state index < -0.39 is 12.8 Å². The van der Waals surface area contributed by atoms with Gasteiger partial charge in [0.2, 0.25) is 0 Å². The van der Waals surface area contributed by atoms with Crippen molar-refractivity contribution in [3.05, 3.63) is 41.5 Å². The molecule has 0 amide bonds. The van der Waals surface area contributed by atoms with Gasteiger partial charge in [0, 0.05) is 13.6 Å². The lowest BCUT2D eigenvalue weighted by atomic mass is 10.2. The largest absolute Gasteiger partial charge is 0.484 e. The van der Waals surface area contributed by atoms with Gasteiger partial charge < -0.3 is 19.9 Å². The number of aliphatic imine (C=N–C) groups is 1. The number of rotatable bonds is 9. The summed E-state index contributed by atoms with van der Waals surface area (Å²) in [6.07, 6.45) is -2.29. The number of aromatic nitrogens is 3. The molecule has 30 heavy (non-hydrogen) atoms. The minimum atomic E-state index is -4.35. The quantitative estimate of drug-likeness (QED) is 0.220. The Balaban J connectivity index is 0.00000450. The summed E-state index contributed by atoms with van der Waals surface area (Å²) in [5.41, 5.74) is 0.857. The number of hydrogen-bond acceptors (Lipinski definition) is 4. The van der Waals surface area contributed by atoms with Gasteiger partial charge in [-0.1, -0.05) is 25.5 Å². The van der Waals surface area contributed by atoms with E-state index in [9.17, 15) is 13.2 Å². The van der Waals surface area contributed by atoms with Crippen LogP contribution < -0.4 is 15.4 Å². The fourth-order valence-corrected chi connectivity index (χ4v) is 2.35. The molecule has 2 rings (SSSR count). The Hall–Kier alpha value is -2.05. The molecular formula is C19H28F3IN6O. The summed E-state index contributed by atoms with van der Waals surface area (Å²) in [4.78, 5) is 4.55. The molecule has 168 valence electrons. The minimum Gasteiger partial charge on any atom is -0.484 e. The number of halogens is 4. The molecule has 11 heteroatoms. The van der Waals surface area contributed by atoms with Crippen LogP contribution in [0.25, 0.3) is 0 Å². The molecule has 0 aliphatic heterocycles. The summed E-state index contributed by atoms with van der Waals surface area (Å²) >= 11 is 0. The van der Waals surface area contributed by atoms with E-state index >= 15 is 0 Å². The van der Waals surface area contributed by atoms with Crippen molar-refractivity contribution in [2.45, 2.75) is 46.0 Å². The van der Waals surface area contributed by atoms with Crippen LogP contribution in [0.2, 0.25) is 0 Å². The van der Waals surface area contributed by atoms with Crippen molar-refractivity contribution >= 4 is 29.9 Å². The van der Waals surface area contributed by atoms with E-state index in [0.717, 1.165) is 36.6 Å². The van der Waals surface area contributed by atoms with Gasteiger partial charge in [0.25, 0.3) is 0 Å². The normalized spacial score (nSPS) is 11.7. The molecule has 2 aromatic rings. The Bertz CT molecular complexity index is 793. The smallest absolute Gasteiger partial charge is 0.422 e. The maximum atomic E-state index is 12.2. The van der Waals surface area contributed by atoms with Crippen LogP contribution in [0.4, 0.5) is 13.2 Å². The Morgan fingerprint density at radius 3 is 2.43 bits per heavy atom. The van der Waals surface area contributed by atoms with E-state index in [0.29, 0.717) is 19.0 Å². The third-order valence-corrected chi connectivity index (χ3v) is 4.17. The number of aryl methyl sites for hydroxylation is 1. The zero-order chi connectivity index (χ0) is 21.3. The highest BCUT2D eigenvalue weighted by atomic mass is 127. The third-order valence-electron chi connectivity index (χ3n) is 4.17. The Kier molecular flexibility index (Phi) is 10.9. The third kappa shape index (κ3) is 9.18. The van der Waals surface area contributed by atoms with Gasteiger partial charge in [-0.25, -0.2) is 4.99 Å². The Labute approximate surface area is 191 Å². The second-order valence-electron chi connectivity index (χ2n) is 6.57. The number of alkyl halides is 3. The van der Waals surface area contributed by atoms with Crippen LogP contribution in [0.5, 0.6) is 5.75 Å². The second-order valence-corrected chi connectivity index (χ2v) is 6.57. The van der Waals surface area contributed by atoms with Gasteiger partial charge in [0.1, 0.15) is 11.6 Å². The first kappa shape index (κ1) is 26.0. The van der Waals surface area contributed by atoms with Crippen LogP contribution in [-0.4, -0.2) is 40.1 Å². The van der Waals surface area contributed by atoms with Crippen molar-refractivity contribution in [1.29, 1.82) is 0 Å². The standard InChI is InChI=1S/C19H27F3N6O.HI/c1-4-5-10-23-18(25-12-17-27-26-14(2)28(17)3)24-11-15-6-8-16(9-7-15)29-13-19(20,21)22;/h6-9H,4-5,10-13H2,1-3H3,(H2,23,24,25);1H. The van der Waals surface area contributed by atoms with Crippen molar-refractivity contribution in [3.8, 4) is 5.75 Å². The number of hydrogen-bond donors (Lipinski definition) is 2. The monoisotopic (exact) mass is 540 g/mol. The number of unbranched alkanes of at least 4 members (excludes halogenated alkanes) is 1. The van der Waals surface area contributed by atoms with Crippen molar-refractivity contribution in [1.82, 2.24) is 25.4 Å². The molecule has 0 atom stereocenters. The molecule has 0 aliphatic rings. The molecule has 0 unspecified atom stereocenters. The van der Waals surface area contributed by atoms with Gasteiger partial charge in [0.15, 0.2) is 18.4 Å². The average molecular weight is 540 g/mol. The average Bonchev–Trinajstić information content (AvgIpc) is 3.00. The van der Waals surface area contributed by atoms with Gasteiger partial charge in [-0.3, -0.25) is 0 Å². The van der Waals surface area contributed by atoms with Crippen LogP contribution in [0, 0.1) is 6.92 Å². The maximum Gasteiger partial charge on any atom is 0.422 e. The summed E-state index contributed by atoms with van der Waals surface area (Å²) in [6, 6.07) is 6.42. The Morgan fingerprint density at radius 1 is 1.17 bits per heavy atom. The van der Waals surface area contributed by atoms with Crippen LogP contribution >= 0.6 is 24.0 Å². The molecular weight excluding hydrogens is 512 g/mol. The predicted molar refractivity (Wildman–Crippen MR) is 120 cm³/mol. The molecule has 0 fully saturated rings. The fraction of sp³-hybridized carbons (Fsp3) is 0.526. The van der Waals surface area contributed by atoms with Crippen LogP contribution in [-0.2, 0) is 20.1 Å². The second kappa shape index (κ2) is 12.6.